The van der Waals surface area contributed by atoms with Gasteiger partial charge in [-0.15, -0.1) is 34.2 Å². The van der Waals surface area contributed by atoms with E-state index in [-0.39, 0.29) is 24.0 Å². The predicted molar refractivity (Wildman–Crippen MR) is 107 cm³/mol. The standard InChI is InChI=1S/C17H28N6O.HI/c1-2-18-17(20-13-10-12-7-8-14(13)24-12)19-11-16-22-21-15-6-4-3-5-9-23(15)16;/h12-14H,2-11H2,1H3,(H2,18,19,20);1H. The molecule has 4 heterocycles. The number of ether oxygens (including phenoxy) is 1. The Kier molecular flexibility index (Phi) is 6.54. The van der Waals surface area contributed by atoms with Crippen LogP contribution in [0.4, 0.5) is 0 Å². The zero-order valence-electron chi connectivity index (χ0n) is 14.9. The molecular formula is C17H29IN6O. The average molecular weight is 460 g/mol. The summed E-state index contributed by atoms with van der Waals surface area (Å²) in [6, 6.07) is 0.386. The molecule has 7 nitrogen and oxygen atoms in total. The number of nitrogens with zero attached hydrogens (tertiary/aromatic N) is 4. The van der Waals surface area contributed by atoms with Crippen LogP contribution in [-0.4, -0.2) is 45.5 Å². The third-order valence-corrected chi connectivity index (χ3v) is 5.34. The van der Waals surface area contributed by atoms with Crippen LogP contribution in [0.1, 0.15) is 57.1 Å². The third-order valence-electron chi connectivity index (χ3n) is 5.34. The third kappa shape index (κ3) is 4.27. The smallest absolute Gasteiger partial charge is 0.192 e. The molecule has 1 aromatic heterocycles. The summed E-state index contributed by atoms with van der Waals surface area (Å²) in [6.07, 6.45) is 9.01. The summed E-state index contributed by atoms with van der Waals surface area (Å²) in [5, 5.41) is 15.6. The SMILES string of the molecule is CCNC(=NCc1nnc2n1CCCCC2)NC1CC2CCC1O2.I. The van der Waals surface area contributed by atoms with E-state index in [1.807, 2.05) is 0 Å². The summed E-state index contributed by atoms with van der Waals surface area (Å²) in [4.78, 5) is 4.76. The maximum absolute atomic E-state index is 5.93. The van der Waals surface area contributed by atoms with Crippen LogP contribution >= 0.6 is 24.0 Å². The molecule has 3 aliphatic heterocycles. The Morgan fingerprint density at radius 3 is 2.96 bits per heavy atom. The number of fused-ring (bicyclic) bond motifs is 3. The first-order valence-electron chi connectivity index (χ1n) is 9.44. The van der Waals surface area contributed by atoms with Crippen LogP contribution in [0.5, 0.6) is 0 Å². The van der Waals surface area contributed by atoms with Gasteiger partial charge in [0, 0.05) is 19.5 Å². The summed E-state index contributed by atoms with van der Waals surface area (Å²) in [5.41, 5.74) is 0. The van der Waals surface area contributed by atoms with E-state index in [4.69, 9.17) is 9.73 Å². The van der Waals surface area contributed by atoms with Gasteiger partial charge < -0.3 is 19.9 Å². The molecule has 2 N–H and O–H groups in total. The fraction of sp³-hybridized carbons (Fsp3) is 0.824. The molecule has 25 heavy (non-hydrogen) atoms. The maximum Gasteiger partial charge on any atom is 0.192 e. The second kappa shape index (κ2) is 8.66. The lowest BCUT2D eigenvalue weighted by atomic mass is 9.96. The summed E-state index contributed by atoms with van der Waals surface area (Å²) in [6.45, 7) is 4.55. The highest BCUT2D eigenvalue weighted by atomic mass is 127. The number of rotatable bonds is 4. The molecule has 1 aromatic rings. The summed E-state index contributed by atoms with van der Waals surface area (Å²) in [5.74, 6) is 2.97. The summed E-state index contributed by atoms with van der Waals surface area (Å²) in [7, 11) is 0. The first-order chi connectivity index (χ1) is 11.8. The highest BCUT2D eigenvalue weighted by Crippen LogP contribution is 2.34. The molecule has 2 saturated heterocycles. The van der Waals surface area contributed by atoms with Crippen molar-refractivity contribution < 1.29 is 4.74 Å². The van der Waals surface area contributed by atoms with Crippen molar-refractivity contribution in [1.82, 2.24) is 25.4 Å². The molecule has 140 valence electrons. The Bertz CT molecular complexity index is 604. The topological polar surface area (TPSA) is 76.4 Å². The zero-order chi connectivity index (χ0) is 16.4. The number of halogens is 1. The van der Waals surface area contributed by atoms with E-state index in [0.29, 0.717) is 24.8 Å². The van der Waals surface area contributed by atoms with Gasteiger partial charge in [0.05, 0.1) is 18.2 Å². The minimum Gasteiger partial charge on any atom is -0.373 e. The van der Waals surface area contributed by atoms with E-state index in [0.717, 1.165) is 43.5 Å². The molecule has 4 rings (SSSR count). The van der Waals surface area contributed by atoms with Crippen molar-refractivity contribution in [3.05, 3.63) is 11.6 Å². The van der Waals surface area contributed by atoms with E-state index in [9.17, 15) is 0 Å². The second-order valence-corrected chi connectivity index (χ2v) is 7.05. The van der Waals surface area contributed by atoms with E-state index >= 15 is 0 Å². The number of aryl methyl sites for hydroxylation is 1. The molecule has 0 saturated carbocycles. The van der Waals surface area contributed by atoms with Gasteiger partial charge in [-0.3, -0.25) is 0 Å². The Hall–Kier alpha value is -0.900. The highest BCUT2D eigenvalue weighted by Gasteiger charge is 2.41. The molecule has 2 bridgehead atoms. The molecule has 3 atom stereocenters. The zero-order valence-corrected chi connectivity index (χ0v) is 17.2. The molecule has 3 unspecified atom stereocenters. The minimum absolute atomic E-state index is 0. The number of nitrogens with one attached hydrogen (secondary N) is 2. The number of hydrogen-bond acceptors (Lipinski definition) is 4. The van der Waals surface area contributed by atoms with Crippen molar-refractivity contribution in [2.24, 2.45) is 4.99 Å². The molecule has 2 fully saturated rings. The second-order valence-electron chi connectivity index (χ2n) is 7.05. The van der Waals surface area contributed by atoms with Crippen LogP contribution in [0.3, 0.4) is 0 Å². The van der Waals surface area contributed by atoms with Crippen molar-refractivity contribution >= 4 is 29.9 Å². The molecule has 3 aliphatic rings. The first kappa shape index (κ1) is 18.9. The molecule has 0 aliphatic carbocycles. The van der Waals surface area contributed by atoms with E-state index < -0.39 is 0 Å². The molecule has 0 spiro atoms. The largest absolute Gasteiger partial charge is 0.373 e. The summed E-state index contributed by atoms with van der Waals surface area (Å²) >= 11 is 0. The van der Waals surface area contributed by atoms with Crippen molar-refractivity contribution in [1.29, 1.82) is 0 Å². The van der Waals surface area contributed by atoms with Crippen LogP contribution in [0, 0.1) is 0 Å². The minimum atomic E-state index is 0. The Labute approximate surface area is 166 Å². The van der Waals surface area contributed by atoms with Gasteiger partial charge in [0.25, 0.3) is 0 Å². The number of aliphatic imine (C=N–C) groups is 1. The van der Waals surface area contributed by atoms with Crippen LogP contribution in [0.25, 0.3) is 0 Å². The van der Waals surface area contributed by atoms with Crippen molar-refractivity contribution in [3.63, 3.8) is 0 Å². The monoisotopic (exact) mass is 460 g/mol. The van der Waals surface area contributed by atoms with Crippen molar-refractivity contribution in [2.45, 2.75) is 83.2 Å². The first-order valence-corrected chi connectivity index (χ1v) is 9.44. The van der Waals surface area contributed by atoms with Gasteiger partial charge in [0.1, 0.15) is 12.4 Å². The predicted octanol–water partition coefficient (Wildman–Crippen LogP) is 2.00. The maximum atomic E-state index is 5.93. The number of guanidine groups is 1. The van der Waals surface area contributed by atoms with Gasteiger partial charge in [-0.25, -0.2) is 4.99 Å². The molecule has 0 radical (unpaired) electrons. The van der Waals surface area contributed by atoms with Crippen molar-refractivity contribution in [3.8, 4) is 0 Å². The Morgan fingerprint density at radius 2 is 2.20 bits per heavy atom. The Morgan fingerprint density at radius 1 is 1.28 bits per heavy atom. The lowest BCUT2D eigenvalue weighted by Gasteiger charge is -2.22. The fourth-order valence-electron chi connectivity index (χ4n) is 4.10. The van der Waals surface area contributed by atoms with Gasteiger partial charge in [0.15, 0.2) is 11.8 Å². The Balaban J connectivity index is 0.00000182. The molecular weight excluding hydrogens is 431 g/mol. The quantitative estimate of drug-likeness (QED) is 0.409. The van der Waals surface area contributed by atoms with E-state index in [1.165, 1.54) is 32.1 Å². The molecule has 0 amide bonds. The van der Waals surface area contributed by atoms with Crippen LogP contribution in [0.15, 0.2) is 4.99 Å². The fourth-order valence-corrected chi connectivity index (χ4v) is 4.10. The van der Waals surface area contributed by atoms with Gasteiger partial charge in [-0.2, -0.15) is 0 Å². The normalized spacial score (nSPS) is 28.2. The van der Waals surface area contributed by atoms with Gasteiger partial charge in [0.2, 0.25) is 0 Å². The lowest BCUT2D eigenvalue weighted by Crippen LogP contribution is -2.47. The lowest BCUT2D eigenvalue weighted by molar-refractivity contribution is 0.0992. The van der Waals surface area contributed by atoms with Crippen LogP contribution in [0.2, 0.25) is 0 Å². The van der Waals surface area contributed by atoms with E-state index in [2.05, 4.69) is 32.3 Å². The van der Waals surface area contributed by atoms with Gasteiger partial charge in [-0.05, 0) is 39.0 Å². The van der Waals surface area contributed by atoms with Crippen molar-refractivity contribution in [2.75, 3.05) is 6.54 Å². The van der Waals surface area contributed by atoms with Gasteiger partial charge in [-0.1, -0.05) is 6.42 Å². The van der Waals surface area contributed by atoms with Crippen LogP contribution < -0.4 is 10.6 Å². The summed E-state index contributed by atoms with van der Waals surface area (Å²) < 4.78 is 8.20. The highest BCUT2D eigenvalue weighted by molar-refractivity contribution is 14.0. The molecule has 0 aromatic carbocycles. The van der Waals surface area contributed by atoms with E-state index in [1.54, 1.807) is 0 Å². The number of aromatic nitrogens is 3. The van der Waals surface area contributed by atoms with Crippen LogP contribution in [-0.2, 0) is 24.2 Å². The van der Waals surface area contributed by atoms with Gasteiger partial charge >= 0.3 is 0 Å². The average Bonchev–Trinajstić information content (AvgIpc) is 3.25. The molecule has 8 heteroatoms. The number of hydrogen-bond donors (Lipinski definition) is 2.